The van der Waals surface area contributed by atoms with Crippen molar-refractivity contribution in [3.8, 4) is 0 Å². The van der Waals surface area contributed by atoms with Gasteiger partial charge < -0.3 is 16.0 Å². The van der Waals surface area contributed by atoms with Crippen LogP contribution in [0, 0.1) is 0 Å². The minimum atomic E-state index is -0.522. The number of hydrogen-bond donors (Lipinski definition) is 2. The van der Waals surface area contributed by atoms with Crippen LogP contribution in [0.3, 0.4) is 0 Å². The van der Waals surface area contributed by atoms with Crippen molar-refractivity contribution in [1.29, 1.82) is 0 Å². The highest BCUT2D eigenvalue weighted by molar-refractivity contribution is 6.33. The molecule has 1 aliphatic heterocycles. The number of carbonyl (C=O) groups is 3. The maximum Gasteiger partial charge on any atom is 0.252 e. The van der Waals surface area contributed by atoms with Crippen molar-refractivity contribution in [3.05, 3.63) is 34.9 Å². The predicted molar refractivity (Wildman–Crippen MR) is 82.3 cm³/mol. The van der Waals surface area contributed by atoms with Crippen LogP contribution in [0.25, 0.3) is 0 Å². The first-order chi connectivity index (χ1) is 10.5. The summed E-state index contributed by atoms with van der Waals surface area (Å²) in [7, 11) is 0. The van der Waals surface area contributed by atoms with Gasteiger partial charge in [-0.1, -0.05) is 23.7 Å². The molecule has 3 amide bonds. The van der Waals surface area contributed by atoms with Gasteiger partial charge in [-0.3, -0.25) is 14.4 Å². The SMILES string of the molecule is NC(=O)C1CCCN1C(=O)CCNC(=O)c1ccccc1Cl. The molecule has 6 nitrogen and oxygen atoms in total. The highest BCUT2D eigenvalue weighted by Gasteiger charge is 2.32. The summed E-state index contributed by atoms with van der Waals surface area (Å²) in [5, 5.41) is 3.01. The van der Waals surface area contributed by atoms with E-state index in [0.717, 1.165) is 6.42 Å². The Morgan fingerprint density at radius 3 is 2.73 bits per heavy atom. The van der Waals surface area contributed by atoms with Crippen LogP contribution < -0.4 is 11.1 Å². The molecule has 1 aromatic carbocycles. The molecule has 0 bridgehead atoms. The summed E-state index contributed by atoms with van der Waals surface area (Å²) in [5.74, 6) is -0.988. The number of nitrogens with zero attached hydrogens (tertiary/aromatic N) is 1. The number of nitrogens with one attached hydrogen (secondary N) is 1. The maximum absolute atomic E-state index is 12.1. The van der Waals surface area contributed by atoms with E-state index in [1.54, 1.807) is 24.3 Å². The fourth-order valence-electron chi connectivity index (χ4n) is 2.53. The molecule has 0 aromatic heterocycles. The molecule has 1 aromatic rings. The maximum atomic E-state index is 12.1. The molecule has 2 rings (SSSR count). The Morgan fingerprint density at radius 2 is 2.05 bits per heavy atom. The van der Waals surface area contributed by atoms with E-state index in [-0.39, 0.29) is 24.8 Å². The normalized spacial score (nSPS) is 17.3. The summed E-state index contributed by atoms with van der Waals surface area (Å²) >= 11 is 5.93. The third-order valence-corrected chi connectivity index (χ3v) is 3.97. The van der Waals surface area contributed by atoms with Crippen LogP contribution in [0.2, 0.25) is 5.02 Å². The summed E-state index contributed by atoms with van der Waals surface area (Å²) in [5.41, 5.74) is 5.65. The molecule has 1 saturated heterocycles. The lowest BCUT2D eigenvalue weighted by Crippen LogP contribution is -2.44. The van der Waals surface area contributed by atoms with Crippen LogP contribution in [0.15, 0.2) is 24.3 Å². The second kappa shape index (κ2) is 7.26. The fourth-order valence-corrected chi connectivity index (χ4v) is 2.75. The minimum Gasteiger partial charge on any atom is -0.368 e. The van der Waals surface area contributed by atoms with Crippen molar-refractivity contribution >= 4 is 29.3 Å². The van der Waals surface area contributed by atoms with Gasteiger partial charge in [-0.15, -0.1) is 0 Å². The molecule has 1 fully saturated rings. The highest BCUT2D eigenvalue weighted by atomic mass is 35.5. The predicted octanol–water partition coefficient (Wildman–Crippen LogP) is 0.936. The van der Waals surface area contributed by atoms with Crippen molar-refractivity contribution in [2.24, 2.45) is 5.73 Å². The quantitative estimate of drug-likeness (QED) is 0.844. The second-order valence-electron chi connectivity index (χ2n) is 5.13. The molecule has 22 heavy (non-hydrogen) atoms. The number of carbonyl (C=O) groups excluding carboxylic acids is 3. The standard InChI is InChI=1S/C15H18ClN3O3/c16-11-5-2-1-4-10(11)15(22)18-8-7-13(20)19-9-3-6-12(19)14(17)21/h1-2,4-5,12H,3,6-9H2,(H2,17,21)(H,18,22). The van der Waals surface area contributed by atoms with Crippen LogP contribution in [-0.2, 0) is 9.59 Å². The van der Waals surface area contributed by atoms with E-state index in [1.165, 1.54) is 4.90 Å². The van der Waals surface area contributed by atoms with Crippen LogP contribution in [0.1, 0.15) is 29.6 Å². The number of likely N-dealkylation sites (tertiary alicyclic amines) is 1. The van der Waals surface area contributed by atoms with Crippen molar-refractivity contribution in [2.75, 3.05) is 13.1 Å². The Bertz CT molecular complexity index is 591. The monoisotopic (exact) mass is 323 g/mol. The Labute approximate surface area is 133 Å². The molecular weight excluding hydrogens is 306 g/mol. The number of primary amides is 1. The third kappa shape index (κ3) is 3.76. The van der Waals surface area contributed by atoms with Gasteiger partial charge in [0.05, 0.1) is 10.6 Å². The Balaban J connectivity index is 1.83. The van der Waals surface area contributed by atoms with Crippen LogP contribution in [0.5, 0.6) is 0 Å². The lowest BCUT2D eigenvalue weighted by Gasteiger charge is -2.22. The third-order valence-electron chi connectivity index (χ3n) is 3.64. The topological polar surface area (TPSA) is 92.5 Å². The summed E-state index contributed by atoms with van der Waals surface area (Å²) in [6.07, 6.45) is 1.50. The largest absolute Gasteiger partial charge is 0.368 e. The molecule has 0 spiro atoms. The molecular formula is C15H18ClN3O3. The van der Waals surface area contributed by atoms with Gasteiger partial charge in [-0.2, -0.15) is 0 Å². The van der Waals surface area contributed by atoms with Gasteiger partial charge in [0.15, 0.2) is 0 Å². The Hall–Kier alpha value is -2.08. The number of halogens is 1. The first kappa shape index (κ1) is 16.3. The van der Waals surface area contributed by atoms with Crippen molar-refractivity contribution in [2.45, 2.75) is 25.3 Å². The molecule has 1 heterocycles. The zero-order valence-electron chi connectivity index (χ0n) is 12.0. The number of rotatable bonds is 5. The first-order valence-corrected chi connectivity index (χ1v) is 7.50. The summed E-state index contributed by atoms with van der Waals surface area (Å²) in [6, 6.07) is 6.17. The van der Waals surface area contributed by atoms with E-state index in [0.29, 0.717) is 23.6 Å². The van der Waals surface area contributed by atoms with Gasteiger partial charge in [0.1, 0.15) is 6.04 Å². The van der Waals surface area contributed by atoms with E-state index in [9.17, 15) is 14.4 Å². The van der Waals surface area contributed by atoms with Crippen LogP contribution in [0.4, 0.5) is 0 Å². The van der Waals surface area contributed by atoms with E-state index >= 15 is 0 Å². The Kier molecular flexibility index (Phi) is 5.38. The molecule has 0 aliphatic carbocycles. The summed E-state index contributed by atoms with van der Waals surface area (Å²) in [4.78, 5) is 36.8. The minimum absolute atomic E-state index is 0.125. The van der Waals surface area contributed by atoms with Crippen molar-refractivity contribution in [1.82, 2.24) is 10.2 Å². The molecule has 1 atom stereocenters. The van der Waals surface area contributed by atoms with E-state index in [4.69, 9.17) is 17.3 Å². The molecule has 3 N–H and O–H groups in total. The van der Waals surface area contributed by atoms with E-state index in [1.807, 2.05) is 0 Å². The number of nitrogens with two attached hydrogens (primary N) is 1. The average Bonchev–Trinajstić information content (AvgIpc) is 2.97. The molecule has 0 radical (unpaired) electrons. The lowest BCUT2D eigenvalue weighted by atomic mass is 10.2. The molecule has 0 saturated carbocycles. The molecule has 1 unspecified atom stereocenters. The number of hydrogen-bond acceptors (Lipinski definition) is 3. The smallest absolute Gasteiger partial charge is 0.252 e. The molecule has 1 aliphatic rings. The van der Waals surface area contributed by atoms with Crippen molar-refractivity contribution in [3.63, 3.8) is 0 Å². The Morgan fingerprint density at radius 1 is 1.32 bits per heavy atom. The van der Waals surface area contributed by atoms with Gasteiger partial charge in [0.25, 0.3) is 5.91 Å². The summed E-state index contributed by atoms with van der Waals surface area (Å²) in [6.45, 7) is 0.718. The zero-order valence-corrected chi connectivity index (χ0v) is 12.8. The van der Waals surface area contributed by atoms with Crippen LogP contribution >= 0.6 is 11.6 Å². The fraction of sp³-hybridized carbons (Fsp3) is 0.400. The van der Waals surface area contributed by atoms with Gasteiger partial charge in [0, 0.05) is 19.5 Å². The van der Waals surface area contributed by atoms with Gasteiger partial charge >= 0.3 is 0 Å². The summed E-state index contributed by atoms with van der Waals surface area (Å²) < 4.78 is 0. The van der Waals surface area contributed by atoms with Crippen molar-refractivity contribution < 1.29 is 14.4 Å². The molecule has 118 valence electrons. The van der Waals surface area contributed by atoms with Crippen LogP contribution in [-0.4, -0.2) is 41.8 Å². The average molecular weight is 324 g/mol. The van der Waals surface area contributed by atoms with E-state index in [2.05, 4.69) is 5.32 Å². The molecule has 7 heteroatoms. The van der Waals surface area contributed by atoms with E-state index < -0.39 is 11.9 Å². The second-order valence-corrected chi connectivity index (χ2v) is 5.54. The van der Waals surface area contributed by atoms with Gasteiger partial charge in [-0.25, -0.2) is 0 Å². The first-order valence-electron chi connectivity index (χ1n) is 7.12. The zero-order chi connectivity index (χ0) is 16.1. The lowest BCUT2D eigenvalue weighted by molar-refractivity contribution is -0.137. The highest BCUT2D eigenvalue weighted by Crippen LogP contribution is 2.18. The number of amides is 3. The number of benzene rings is 1. The van der Waals surface area contributed by atoms with Gasteiger partial charge in [-0.05, 0) is 25.0 Å². The van der Waals surface area contributed by atoms with Gasteiger partial charge in [0.2, 0.25) is 11.8 Å².